The summed E-state index contributed by atoms with van der Waals surface area (Å²) in [7, 11) is 6.94. The molecule has 1 unspecified atom stereocenters. The number of aromatic amines is 2. The third-order valence-electron chi connectivity index (χ3n) is 15.0. The van der Waals surface area contributed by atoms with Crippen molar-refractivity contribution in [3.63, 3.8) is 0 Å². The first-order chi connectivity index (χ1) is 26.2. The van der Waals surface area contributed by atoms with Crippen molar-refractivity contribution < 1.29 is 28.6 Å². The van der Waals surface area contributed by atoms with E-state index in [0.717, 1.165) is 83.9 Å². The molecule has 6 heterocycles. The highest BCUT2D eigenvalue weighted by molar-refractivity contribution is 5.95. The number of nitrogens with one attached hydrogen (secondary N) is 2. The monoisotopic (exact) mass is 734 g/mol. The molecule has 10 heteroatoms. The van der Waals surface area contributed by atoms with Gasteiger partial charge in [-0.15, -0.1) is 0 Å². The van der Waals surface area contributed by atoms with Crippen molar-refractivity contribution in [1.29, 1.82) is 0 Å². The Balaban J connectivity index is 1.31. The average molecular weight is 735 g/mol. The Kier molecular flexibility index (Phi) is 8.73. The molecule has 0 amide bonds. The lowest BCUT2D eigenvalue weighted by atomic mass is 9.54. The molecule has 1 saturated carbocycles. The fraction of sp³-hybridized carbons (Fsp3) is 0.568. The molecule has 6 aliphatic rings. The van der Waals surface area contributed by atoms with E-state index in [2.05, 4.69) is 77.1 Å². The number of piperidine rings is 3. The summed E-state index contributed by atoms with van der Waals surface area (Å²) in [6, 6.07) is 12.4. The number of benzene rings is 2. The summed E-state index contributed by atoms with van der Waals surface area (Å²) in [5, 5.41) is 2.26. The minimum atomic E-state index is -0.926. The molecule has 0 spiro atoms. The van der Waals surface area contributed by atoms with Gasteiger partial charge in [0.05, 0.1) is 38.8 Å². The van der Waals surface area contributed by atoms with E-state index in [1.165, 1.54) is 30.9 Å². The number of fused-ring (bicyclic) bond motifs is 9. The molecule has 6 bridgehead atoms. The van der Waals surface area contributed by atoms with Crippen molar-refractivity contribution in [3.8, 4) is 5.75 Å². The second-order valence-electron chi connectivity index (χ2n) is 16.9. The molecular formula is C44H54N4O6. The number of aldehydes is 1. The van der Waals surface area contributed by atoms with Crippen LogP contribution in [-0.2, 0) is 42.1 Å². The van der Waals surface area contributed by atoms with E-state index < -0.39 is 5.41 Å². The average Bonchev–Trinajstić information content (AvgIpc) is 3.72. The maximum Gasteiger partial charge on any atom is 0.319 e. The number of carbonyl (C=O) groups is 3. The summed E-state index contributed by atoms with van der Waals surface area (Å²) in [6.45, 7) is 6.07. The minimum absolute atomic E-state index is 0.00897. The molecule has 10 rings (SSSR count). The highest BCUT2D eigenvalue weighted by Gasteiger charge is 2.65. The van der Waals surface area contributed by atoms with Crippen LogP contribution in [0.5, 0.6) is 5.75 Å². The molecule has 286 valence electrons. The van der Waals surface area contributed by atoms with E-state index in [1.54, 1.807) is 7.11 Å². The van der Waals surface area contributed by atoms with E-state index in [9.17, 15) is 14.4 Å². The molecule has 2 N–H and O–H groups in total. The third-order valence-corrected chi connectivity index (χ3v) is 15.0. The van der Waals surface area contributed by atoms with Gasteiger partial charge in [0, 0.05) is 64.3 Å². The highest BCUT2D eigenvalue weighted by atomic mass is 16.5. The van der Waals surface area contributed by atoms with Crippen LogP contribution in [0.2, 0.25) is 0 Å². The van der Waals surface area contributed by atoms with Gasteiger partial charge in [-0.05, 0) is 92.1 Å². The number of para-hydroxylation sites is 1. The van der Waals surface area contributed by atoms with E-state index in [4.69, 9.17) is 14.2 Å². The van der Waals surface area contributed by atoms with Crippen LogP contribution in [0.3, 0.4) is 0 Å². The van der Waals surface area contributed by atoms with Gasteiger partial charge in [0.1, 0.15) is 17.5 Å². The van der Waals surface area contributed by atoms with Gasteiger partial charge in [-0.3, -0.25) is 14.5 Å². The molecular weight excluding hydrogens is 681 g/mol. The number of hydrogen-bond acceptors (Lipinski definition) is 8. The number of aromatic nitrogens is 2. The van der Waals surface area contributed by atoms with Gasteiger partial charge in [-0.2, -0.15) is 0 Å². The maximum atomic E-state index is 14.5. The van der Waals surface area contributed by atoms with Crippen LogP contribution in [0, 0.1) is 29.6 Å². The molecule has 4 fully saturated rings. The molecule has 54 heavy (non-hydrogen) atoms. The first-order valence-electron chi connectivity index (χ1n) is 20.1. The number of ether oxygens (including phenoxy) is 3. The standard InChI is InChI=1S/C44H54N4O6/c1-7-23-17-25-20-44(43(51)54-6)40-28(15-16-48(41(23)44)34(25)22-49)27-13-14-35(52-4)37(39(27)46-40)31-18-29-24(8-2)21-47(3)33(36(29)42(50)53-5)19-30-26-11-9-10-12-32(26)45-38(30)31/h9-14,22-25,29,31,33-34,36,41,45-46H,7-8,15-21H2,1-6H3/t23-,24+,25+,29-,31-,33-,34-,36-,41-,44+/m0/s1. The van der Waals surface area contributed by atoms with Gasteiger partial charge < -0.3 is 33.9 Å². The predicted molar refractivity (Wildman–Crippen MR) is 207 cm³/mol. The van der Waals surface area contributed by atoms with Gasteiger partial charge in [0.2, 0.25) is 0 Å². The predicted octanol–water partition coefficient (Wildman–Crippen LogP) is 6.14. The Hall–Kier alpha value is -4.15. The fourth-order valence-corrected chi connectivity index (χ4v) is 12.8. The van der Waals surface area contributed by atoms with Gasteiger partial charge in [-0.1, -0.05) is 44.9 Å². The second kappa shape index (κ2) is 13.3. The molecule has 4 aromatic rings. The largest absolute Gasteiger partial charge is 0.496 e. The first-order valence-corrected chi connectivity index (χ1v) is 20.1. The zero-order valence-electron chi connectivity index (χ0n) is 32.4. The lowest BCUT2D eigenvalue weighted by molar-refractivity contribution is -0.169. The van der Waals surface area contributed by atoms with Crippen molar-refractivity contribution in [2.45, 2.75) is 88.3 Å². The fourth-order valence-electron chi connectivity index (χ4n) is 12.8. The van der Waals surface area contributed by atoms with Gasteiger partial charge in [-0.25, -0.2) is 0 Å². The number of methoxy groups -OCH3 is 3. The Morgan fingerprint density at radius 2 is 1.76 bits per heavy atom. The molecule has 0 radical (unpaired) electrons. The molecule has 11 atom stereocenters. The SMILES string of the molecule is CC[C@@H]1CN(C)[C@H]2Cc3c([nH]c4ccccc34)[C@H](c3c(OC)ccc4c5c([nH]c34)[C@]3(C(=O)OC)C[C@H]4C[C@H](CC)[C@@H]3N(CC5)[C@H]4C=O)C[C@@H]1[C@@H]2C(=O)OC. The molecule has 3 saturated heterocycles. The Bertz CT molecular complexity index is 2140. The Morgan fingerprint density at radius 1 is 0.963 bits per heavy atom. The zero-order valence-corrected chi connectivity index (χ0v) is 32.4. The number of nitrogens with zero attached hydrogens (tertiary/aromatic N) is 2. The number of carbonyl (C=O) groups excluding carboxylic acids is 3. The van der Waals surface area contributed by atoms with Crippen molar-refractivity contribution in [1.82, 2.24) is 19.8 Å². The van der Waals surface area contributed by atoms with Crippen LogP contribution in [0.25, 0.3) is 21.8 Å². The van der Waals surface area contributed by atoms with Crippen molar-refractivity contribution >= 4 is 40.0 Å². The summed E-state index contributed by atoms with van der Waals surface area (Å²) >= 11 is 0. The van der Waals surface area contributed by atoms with Crippen molar-refractivity contribution in [3.05, 3.63) is 64.5 Å². The number of hydrogen-bond donors (Lipinski definition) is 2. The number of likely N-dealkylation sites (tertiary alicyclic amines) is 1. The van der Waals surface area contributed by atoms with Crippen LogP contribution >= 0.6 is 0 Å². The summed E-state index contributed by atoms with van der Waals surface area (Å²) in [4.78, 5) is 53.7. The lowest BCUT2D eigenvalue weighted by Gasteiger charge is -2.60. The Morgan fingerprint density at radius 3 is 2.48 bits per heavy atom. The van der Waals surface area contributed by atoms with Crippen LogP contribution in [-0.4, -0.2) is 97.6 Å². The molecule has 4 aliphatic heterocycles. The Labute approximate surface area is 317 Å². The van der Waals surface area contributed by atoms with E-state index >= 15 is 0 Å². The van der Waals surface area contributed by atoms with Crippen LogP contribution < -0.4 is 4.74 Å². The minimum Gasteiger partial charge on any atom is -0.496 e. The van der Waals surface area contributed by atoms with Gasteiger partial charge in [0.25, 0.3) is 0 Å². The lowest BCUT2D eigenvalue weighted by Crippen LogP contribution is -2.71. The first kappa shape index (κ1) is 35.5. The van der Waals surface area contributed by atoms with E-state index in [1.807, 2.05) is 0 Å². The number of rotatable bonds is 7. The van der Waals surface area contributed by atoms with E-state index in [-0.39, 0.29) is 59.7 Å². The van der Waals surface area contributed by atoms with Gasteiger partial charge >= 0.3 is 11.9 Å². The van der Waals surface area contributed by atoms with Crippen molar-refractivity contribution in [2.75, 3.05) is 41.5 Å². The zero-order chi connectivity index (χ0) is 37.6. The number of H-pyrrole nitrogens is 2. The summed E-state index contributed by atoms with van der Waals surface area (Å²) in [5.74, 6) is 0.730. The maximum absolute atomic E-state index is 14.5. The highest BCUT2D eigenvalue weighted by Crippen LogP contribution is 2.58. The van der Waals surface area contributed by atoms with Crippen LogP contribution in [0.15, 0.2) is 36.4 Å². The third kappa shape index (κ3) is 4.80. The van der Waals surface area contributed by atoms with Crippen LogP contribution in [0.1, 0.15) is 79.9 Å². The summed E-state index contributed by atoms with van der Waals surface area (Å²) in [6.07, 6.45) is 6.71. The molecule has 10 nitrogen and oxygen atoms in total. The van der Waals surface area contributed by atoms with Gasteiger partial charge in [0.15, 0.2) is 0 Å². The quantitative estimate of drug-likeness (QED) is 0.172. The smallest absolute Gasteiger partial charge is 0.319 e. The van der Waals surface area contributed by atoms with E-state index in [0.29, 0.717) is 25.3 Å². The van der Waals surface area contributed by atoms with Crippen molar-refractivity contribution in [2.24, 2.45) is 29.6 Å². The normalized spacial score (nSPS) is 34.3. The second-order valence-corrected chi connectivity index (χ2v) is 16.9. The topological polar surface area (TPSA) is 117 Å². The molecule has 2 aromatic heterocycles. The summed E-state index contributed by atoms with van der Waals surface area (Å²) < 4.78 is 17.7. The molecule has 2 aromatic carbocycles. The number of likely N-dealkylation sites (N-methyl/N-ethyl adjacent to an activating group) is 1. The summed E-state index contributed by atoms with van der Waals surface area (Å²) in [5.41, 5.74) is 6.68. The number of esters is 2. The molecule has 2 aliphatic carbocycles. The van der Waals surface area contributed by atoms with Crippen LogP contribution in [0.4, 0.5) is 0 Å².